The molecule has 3 rings (SSSR count). The smallest absolute Gasteiger partial charge is 0.137 e. The Kier molecular flexibility index (Phi) is 4.78. The number of hydrogen-bond acceptors (Lipinski definition) is 3. The van der Waals surface area contributed by atoms with Crippen molar-refractivity contribution in [3.05, 3.63) is 52.8 Å². The molecule has 4 nitrogen and oxygen atoms in total. The van der Waals surface area contributed by atoms with Crippen LogP contribution in [0.15, 0.2) is 36.5 Å². The molecular weight excluding hydrogens is 320 g/mol. The lowest BCUT2D eigenvalue weighted by Gasteiger charge is -2.19. The molecular formula is C19H23ClN4. The molecule has 24 heavy (non-hydrogen) atoms. The van der Waals surface area contributed by atoms with E-state index in [-0.39, 0.29) is 0 Å². The summed E-state index contributed by atoms with van der Waals surface area (Å²) >= 11 is 6.19. The van der Waals surface area contributed by atoms with Gasteiger partial charge in [-0.1, -0.05) is 31.5 Å². The zero-order valence-corrected chi connectivity index (χ0v) is 15.1. The number of halogens is 1. The quantitative estimate of drug-likeness (QED) is 0.748. The SMILES string of the molecule is CCN(CC)Cc1c(-c2ccc(Cl)c(C)c2)nc2ccc(N)cn12. The maximum atomic E-state index is 6.19. The molecule has 0 aliphatic carbocycles. The molecule has 0 saturated heterocycles. The number of aromatic nitrogens is 2. The summed E-state index contributed by atoms with van der Waals surface area (Å²) in [6.07, 6.45) is 1.95. The molecule has 0 fully saturated rings. The maximum absolute atomic E-state index is 6.19. The number of aryl methyl sites for hydroxylation is 1. The van der Waals surface area contributed by atoms with Gasteiger partial charge in [-0.15, -0.1) is 0 Å². The normalized spacial score (nSPS) is 11.5. The molecule has 0 unspecified atom stereocenters. The molecule has 126 valence electrons. The zero-order valence-electron chi connectivity index (χ0n) is 14.4. The first-order chi connectivity index (χ1) is 11.5. The number of nitrogen functional groups attached to an aromatic ring is 1. The Balaban J connectivity index is 2.19. The van der Waals surface area contributed by atoms with Crippen LogP contribution in [-0.2, 0) is 6.54 Å². The van der Waals surface area contributed by atoms with Gasteiger partial charge in [0.25, 0.3) is 0 Å². The van der Waals surface area contributed by atoms with E-state index in [4.69, 9.17) is 22.3 Å². The minimum absolute atomic E-state index is 0.736. The first kappa shape index (κ1) is 16.8. The van der Waals surface area contributed by atoms with E-state index in [1.165, 1.54) is 0 Å². The van der Waals surface area contributed by atoms with Crippen LogP contribution in [0.3, 0.4) is 0 Å². The van der Waals surface area contributed by atoms with Crippen molar-refractivity contribution in [1.82, 2.24) is 14.3 Å². The van der Waals surface area contributed by atoms with E-state index >= 15 is 0 Å². The van der Waals surface area contributed by atoms with Crippen LogP contribution in [0, 0.1) is 6.92 Å². The summed E-state index contributed by atoms with van der Waals surface area (Å²) in [6.45, 7) is 9.18. The summed E-state index contributed by atoms with van der Waals surface area (Å²) in [7, 11) is 0. The first-order valence-corrected chi connectivity index (χ1v) is 8.66. The van der Waals surface area contributed by atoms with E-state index in [1.807, 2.05) is 37.4 Å². The summed E-state index contributed by atoms with van der Waals surface area (Å²) in [5.41, 5.74) is 11.9. The Morgan fingerprint density at radius 2 is 1.92 bits per heavy atom. The van der Waals surface area contributed by atoms with Crippen LogP contribution in [0.4, 0.5) is 5.69 Å². The largest absolute Gasteiger partial charge is 0.398 e. The van der Waals surface area contributed by atoms with E-state index in [1.54, 1.807) is 0 Å². The Hall–Kier alpha value is -2.04. The highest BCUT2D eigenvalue weighted by Crippen LogP contribution is 2.29. The highest BCUT2D eigenvalue weighted by atomic mass is 35.5. The van der Waals surface area contributed by atoms with Crippen LogP contribution >= 0.6 is 11.6 Å². The molecule has 0 aliphatic heterocycles. The second-order valence-corrected chi connectivity index (χ2v) is 6.43. The van der Waals surface area contributed by atoms with Crippen molar-refractivity contribution >= 4 is 22.9 Å². The van der Waals surface area contributed by atoms with Gasteiger partial charge < -0.3 is 10.1 Å². The number of rotatable bonds is 5. The Labute approximate surface area is 147 Å². The van der Waals surface area contributed by atoms with Gasteiger partial charge in [0.1, 0.15) is 5.65 Å². The van der Waals surface area contributed by atoms with Gasteiger partial charge in [0.2, 0.25) is 0 Å². The second-order valence-electron chi connectivity index (χ2n) is 6.02. The lowest BCUT2D eigenvalue weighted by atomic mass is 10.1. The first-order valence-electron chi connectivity index (χ1n) is 8.28. The summed E-state index contributed by atoms with van der Waals surface area (Å²) in [5.74, 6) is 0. The molecule has 0 spiro atoms. The molecule has 2 N–H and O–H groups in total. The van der Waals surface area contributed by atoms with E-state index in [0.29, 0.717) is 0 Å². The molecule has 0 amide bonds. The van der Waals surface area contributed by atoms with Gasteiger partial charge in [-0.05, 0) is 49.8 Å². The molecule has 0 saturated carbocycles. The van der Waals surface area contributed by atoms with Gasteiger partial charge in [0, 0.05) is 29.0 Å². The fourth-order valence-electron chi connectivity index (χ4n) is 2.94. The fraction of sp³-hybridized carbons (Fsp3) is 0.316. The van der Waals surface area contributed by atoms with Crippen molar-refractivity contribution in [2.75, 3.05) is 18.8 Å². The fourth-order valence-corrected chi connectivity index (χ4v) is 3.06. The number of nitrogens with zero attached hydrogens (tertiary/aromatic N) is 3. The number of nitrogens with two attached hydrogens (primary N) is 1. The number of imidazole rings is 1. The van der Waals surface area contributed by atoms with Crippen molar-refractivity contribution in [1.29, 1.82) is 0 Å². The number of anilines is 1. The van der Waals surface area contributed by atoms with Gasteiger partial charge in [0.15, 0.2) is 0 Å². The van der Waals surface area contributed by atoms with Crippen molar-refractivity contribution < 1.29 is 0 Å². The van der Waals surface area contributed by atoms with E-state index in [0.717, 1.165) is 58.5 Å². The van der Waals surface area contributed by atoms with Crippen LogP contribution < -0.4 is 5.73 Å². The van der Waals surface area contributed by atoms with Crippen LogP contribution in [-0.4, -0.2) is 27.4 Å². The third kappa shape index (κ3) is 3.12. The molecule has 2 aromatic heterocycles. The molecule has 5 heteroatoms. The van der Waals surface area contributed by atoms with E-state index in [9.17, 15) is 0 Å². The molecule has 0 atom stereocenters. The zero-order chi connectivity index (χ0) is 17.3. The number of fused-ring (bicyclic) bond motifs is 1. The lowest BCUT2D eigenvalue weighted by Crippen LogP contribution is -2.23. The van der Waals surface area contributed by atoms with Crippen LogP contribution in [0.5, 0.6) is 0 Å². The Morgan fingerprint density at radius 3 is 2.58 bits per heavy atom. The predicted octanol–water partition coefficient (Wildman–Crippen LogP) is 4.39. The van der Waals surface area contributed by atoms with Gasteiger partial charge >= 0.3 is 0 Å². The Bertz CT molecular complexity index is 865. The minimum Gasteiger partial charge on any atom is -0.398 e. The third-order valence-electron chi connectivity index (χ3n) is 4.44. The predicted molar refractivity (Wildman–Crippen MR) is 101 cm³/mol. The maximum Gasteiger partial charge on any atom is 0.137 e. The molecule has 2 heterocycles. The minimum atomic E-state index is 0.736. The van der Waals surface area contributed by atoms with E-state index < -0.39 is 0 Å². The number of benzene rings is 1. The second kappa shape index (κ2) is 6.83. The summed E-state index contributed by atoms with van der Waals surface area (Å²) in [4.78, 5) is 7.23. The number of pyridine rings is 1. The summed E-state index contributed by atoms with van der Waals surface area (Å²) in [6, 6.07) is 9.92. The van der Waals surface area contributed by atoms with Crippen molar-refractivity contribution in [2.24, 2.45) is 0 Å². The van der Waals surface area contributed by atoms with Gasteiger partial charge in [-0.3, -0.25) is 4.90 Å². The van der Waals surface area contributed by atoms with Gasteiger partial charge in [-0.2, -0.15) is 0 Å². The number of hydrogen-bond donors (Lipinski definition) is 1. The topological polar surface area (TPSA) is 46.6 Å². The molecule has 3 aromatic rings. The van der Waals surface area contributed by atoms with Gasteiger partial charge in [-0.25, -0.2) is 4.98 Å². The van der Waals surface area contributed by atoms with Crippen LogP contribution in [0.25, 0.3) is 16.9 Å². The summed E-state index contributed by atoms with van der Waals surface area (Å²) < 4.78 is 2.10. The average Bonchev–Trinajstić information content (AvgIpc) is 2.92. The standard InChI is InChI=1S/C19H23ClN4/c1-4-23(5-2)12-17-19(14-6-8-16(20)13(3)10-14)22-18-9-7-15(21)11-24(17)18/h6-11H,4-5,12,21H2,1-3H3. The highest BCUT2D eigenvalue weighted by molar-refractivity contribution is 6.31. The molecule has 1 aromatic carbocycles. The van der Waals surface area contributed by atoms with Gasteiger partial charge in [0.05, 0.1) is 11.4 Å². The van der Waals surface area contributed by atoms with E-state index in [2.05, 4.69) is 29.2 Å². The molecule has 0 aliphatic rings. The summed E-state index contributed by atoms with van der Waals surface area (Å²) in [5, 5.41) is 0.775. The Morgan fingerprint density at radius 1 is 1.17 bits per heavy atom. The van der Waals surface area contributed by atoms with Crippen molar-refractivity contribution in [3.8, 4) is 11.3 Å². The monoisotopic (exact) mass is 342 g/mol. The highest BCUT2D eigenvalue weighted by Gasteiger charge is 2.17. The molecule has 0 bridgehead atoms. The molecule has 0 radical (unpaired) electrons. The van der Waals surface area contributed by atoms with Crippen molar-refractivity contribution in [3.63, 3.8) is 0 Å². The average molecular weight is 343 g/mol. The third-order valence-corrected chi connectivity index (χ3v) is 4.86. The van der Waals surface area contributed by atoms with Crippen LogP contribution in [0.2, 0.25) is 5.02 Å². The van der Waals surface area contributed by atoms with Crippen molar-refractivity contribution in [2.45, 2.75) is 27.3 Å². The van der Waals surface area contributed by atoms with Crippen LogP contribution in [0.1, 0.15) is 25.1 Å². The lowest BCUT2D eigenvalue weighted by molar-refractivity contribution is 0.292.